The molecule has 0 radical (unpaired) electrons. The Balaban J connectivity index is 1.85. The number of carbonyl (C=O) groups excluding carboxylic acids is 1. The molecule has 1 fully saturated rings. The third kappa shape index (κ3) is 3.24. The van der Waals surface area contributed by atoms with Gasteiger partial charge < -0.3 is 4.90 Å². The molecule has 0 atom stereocenters. The molecule has 0 unspecified atom stereocenters. The van der Waals surface area contributed by atoms with Crippen LogP contribution >= 0.6 is 11.6 Å². The average Bonchev–Trinajstić information content (AvgIpc) is 3.29. The number of carbonyl (C=O) groups is 1. The van der Waals surface area contributed by atoms with Gasteiger partial charge in [-0.3, -0.25) is 4.79 Å². The molecule has 1 aliphatic rings. The van der Waals surface area contributed by atoms with E-state index < -0.39 is 0 Å². The highest BCUT2D eigenvalue weighted by atomic mass is 35.5. The van der Waals surface area contributed by atoms with E-state index in [1.54, 1.807) is 18.3 Å². The summed E-state index contributed by atoms with van der Waals surface area (Å²) in [6, 6.07) is 12.1. The van der Waals surface area contributed by atoms with Crippen molar-refractivity contribution < 1.29 is 4.79 Å². The summed E-state index contributed by atoms with van der Waals surface area (Å²) in [6.45, 7) is 2.68. The standard InChI is InChI=1S/C17H17ClN2O/c1-12-4-2-5-13(10-12)11-20(14-7-8-14)17(21)15-6-3-9-19-16(15)18/h2-6,9-10,14H,7-8,11H2,1H3. The van der Waals surface area contributed by atoms with E-state index in [1.165, 1.54) is 5.56 Å². The molecule has 0 saturated heterocycles. The molecule has 0 bridgehead atoms. The number of aryl methyl sites for hydroxylation is 1. The van der Waals surface area contributed by atoms with Crippen LogP contribution in [0.25, 0.3) is 0 Å². The third-order valence-corrected chi connectivity index (χ3v) is 3.97. The maximum atomic E-state index is 12.7. The van der Waals surface area contributed by atoms with Gasteiger partial charge in [0.25, 0.3) is 5.91 Å². The first-order valence-corrected chi connectivity index (χ1v) is 7.50. The summed E-state index contributed by atoms with van der Waals surface area (Å²) in [5.74, 6) is -0.0305. The molecule has 0 N–H and O–H groups in total. The second kappa shape index (κ2) is 5.86. The highest BCUT2D eigenvalue weighted by molar-refractivity contribution is 6.32. The number of pyridine rings is 1. The highest BCUT2D eigenvalue weighted by Crippen LogP contribution is 2.30. The van der Waals surface area contributed by atoms with Crippen LogP contribution in [0.2, 0.25) is 5.15 Å². The molecule has 1 aliphatic carbocycles. The van der Waals surface area contributed by atoms with Crippen molar-refractivity contribution in [2.75, 3.05) is 0 Å². The fourth-order valence-electron chi connectivity index (χ4n) is 2.46. The van der Waals surface area contributed by atoms with Gasteiger partial charge in [-0.15, -0.1) is 0 Å². The van der Waals surface area contributed by atoms with Crippen LogP contribution in [0.3, 0.4) is 0 Å². The first-order chi connectivity index (χ1) is 10.1. The summed E-state index contributed by atoms with van der Waals surface area (Å²) in [6.07, 6.45) is 3.73. The van der Waals surface area contributed by atoms with Gasteiger partial charge in [0.05, 0.1) is 5.56 Å². The lowest BCUT2D eigenvalue weighted by Crippen LogP contribution is -2.32. The van der Waals surface area contributed by atoms with Crippen LogP contribution in [0, 0.1) is 6.92 Å². The molecule has 1 heterocycles. The van der Waals surface area contributed by atoms with Crippen molar-refractivity contribution in [2.45, 2.75) is 32.4 Å². The molecule has 4 heteroatoms. The molecule has 1 amide bonds. The van der Waals surface area contributed by atoms with Gasteiger partial charge in [-0.2, -0.15) is 0 Å². The molecule has 1 aromatic carbocycles. The number of nitrogens with zero attached hydrogens (tertiary/aromatic N) is 2. The zero-order valence-corrected chi connectivity index (χ0v) is 12.7. The molecule has 3 rings (SSSR count). The predicted octanol–water partition coefficient (Wildman–Crippen LogP) is 3.85. The number of hydrogen-bond acceptors (Lipinski definition) is 2. The molecule has 0 spiro atoms. The minimum Gasteiger partial charge on any atom is -0.331 e. The van der Waals surface area contributed by atoms with Crippen LogP contribution in [-0.2, 0) is 6.54 Å². The number of benzene rings is 1. The van der Waals surface area contributed by atoms with E-state index in [9.17, 15) is 4.79 Å². The number of aromatic nitrogens is 1. The number of hydrogen-bond donors (Lipinski definition) is 0. The van der Waals surface area contributed by atoms with Crippen LogP contribution in [0.4, 0.5) is 0 Å². The van der Waals surface area contributed by atoms with Gasteiger partial charge in [0.15, 0.2) is 0 Å². The summed E-state index contributed by atoms with van der Waals surface area (Å²) in [5.41, 5.74) is 2.84. The lowest BCUT2D eigenvalue weighted by molar-refractivity contribution is 0.0729. The smallest absolute Gasteiger partial charge is 0.257 e. The summed E-state index contributed by atoms with van der Waals surface area (Å²) >= 11 is 6.06. The lowest BCUT2D eigenvalue weighted by atomic mass is 10.1. The normalized spacial score (nSPS) is 14.0. The third-order valence-electron chi connectivity index (χ3n) is 3.67. The van der Waals surface area contributed by atoms with Crippen molar-refractivity contribution in [3.8, 4) is 0 Å². The Bertz CT molecular complexity index is 667. The summed E-state index contributed by atoms with van der Waals surface area (Å²) < 4.78 is 0. The average molecular weight is 301 g/mol. The summed E-state index contributed by atoms with van der Waals surface area (Å²) in [4.78, 5) is 18.7. The summed E-state index contributed by atoms with van der Waals surface area (Å²) in [5, 5.41) is 0.275. The fraction of sp³-hybridized carbons (Fsp3) is 0.294. The molecule has 1 saturated carbocycles. The molecule has 3 nitrogen and oxygen atoms in total. The maximum Gasteiger partial charge on any atom is 0.257 e. The minimum absolute atomic E-state index is 0.0305. The van der Waals surface area contributed by atoms with Gasteiger partial charge in [0.1, 0.15) is 5.15 Å². The van der Waals surface area contributed by atoms with E-state index in [4.69, 9.17) is 11.6 Å². The largest absolute Gasteiger partial charge is 0.331 e. The van der Waals surface area contributed by atoms with E-state index in [0.717, 1.165) is 18.4 Å². The van der Waals surface area contributed by atoms with E-state index in [2.05, 4.69) is 30.1 Å². The zero-order chi connectivity index (χ0) is 14.8. The lowest BCUT2D eigenvalue weighted by Gasteiger charge is -2.23. The predicted molar refractivity (Wildman–Crippen MR) is 83.3 cm³/mol. The second-order valence-electron chi connectivity index (χ2n) is 5.50. The van der Waals surface area contributed by atoms with Gasteiger partial charge >= 0.3 is 0 Å². The topological polar surface area (TPSA) is 33.2 Å². The van der Waals surface area contributed by atoms with Gasteiger partial charge in [-0.1, -0.05) is 41.4 Å². The number of amides is 1. The Morgan fingerprint density at radius 2 is 2.14 bits per heavy atom. The second-order valence-corrected chi connectivity index (χ2v) is 5.85. The fourth-order valence-corrected chi connectivity index (χ4v) is 2.66. The SMILES string of the molecule is Cc1cccc(CN(C(=O)c2cccnc2Cl)C2CC2)c1. The van der Waals surface area contributed by atoms with Gasteiger partial charge in [-0.05, 0) is 37.5 Å². The van der Waals surface area contributed by atoms with Gasteiger partial charge in [0.2, 0.25) is 0 Å². The van der Waals surface area contributed by atoms with E-state index in [-0.39, 0.29) is 11.1 Å². The monoisotopic (exact) mass is 300 g/mol. The molecule has 2 aromatic rings. The van der Waals surface area contributed by atoms with Crippen molar-refractivity contribution in [2.24, 2.45) is 0 Å². The van der Waals surface area contributed by atoms with Crippen LogP contribution in [0.1, 0.15) is 34.3 Å². The van der Waals surface area contributed by atoms with Crippen molar-refractivity contribution >= 4 is 17.5 Å². The van der Waals surface area contributed by atoms with Crippen molar-refractivity contribution in [1.29, 1.82) is 0 Å². The number of halogens is 1. The van der Waals surface area contributed by atoms with Crippen LogP contribution < -0.4 is 0 Å². The first kappa shape index (κ1) is 14.1. The first-order valence-electron chi connectivity index (χ1n) is 7.12. The summed E-state index contributed by atoms with van der Waals surface area (Å²) in [7, 11) is 0. The van der Waals surface area contributed by atoms with Crippen LogP contribution in [0.15, 0.2) is 42.6 Å². The van der Waals surface area contributed by atoms with E-state index >= 15 is 0 Å². The zero-order valence-electron chi connectivity index (χ0n) is 11.9. The highest BCUT2D eigenvalue weighted by Gasteiger charge is 2.33. The Hall–Kier alpha value is -1.87. The molecule has 0 aliphatic heterocycles. The quantitative estimate of drug-likeness (QED) is 0.804. The van der Waals surface area contributed by atoms with Crippen LogP contribution in [-0.4, -0.2) is 21.8 Å². The molecule has 21 heavy (non-hydrogen) atoms. The van der Waals surface area contributed by atoms with Crippen molar-refractivity contribution in [1.82, 2.24) is 9.88 Å². The minimum atomic E-state index is -0.0305. The maximum absolute atomic E-state index is 12.7. The molecule has 1 aromatic heterocycles. The Labute approximate surface area is 129 Å². The van der Waals surface area contributed by atoms with Crippen molar-refractivity contribution in [3.05, 3.63) is 64.4 Å². The Kier molecular flexibility index (Phi) is 3.93. The van der Waals surface area contributed by atoms with Gasteiger partial charge in [-0.25, -0.2) is 4.98 Å². The van der Waals surface area contributed by atoms with E-state index in [1.807, 2.05) is 11.0 Å². The number of rotatable bonds is 4. The van der Waals surface area contributed by atoms with Gasteiger partial charge in [0, 0.05) is 18.8 Å². The van der Waals surface area contributed by atoms with Crippen LogP contribution in [0.5, 0.6) is 0 Å². The Morgan fingerprint density at radius 3 is 2.81 bits per heavy atom. The van der Waals surface area contributed by atoms with Crippen molar-refractivity contribution in [3.63, 3.8) is 0 Å². The Morgan fingerprint density at radius 1 is 1.33 bits per heavy atom. The molecule has 108 valence electrons. The molecular formula is C17H17ClN2O. The van der Waals surface area contributed by atoms with E-state index in [0.29, 0.717) is 18.2 Å². The molecular weight excluding hydrogens is 284 g/mol.